The fraction of sp³-hybridized carbons (Fsp3) is 0.667. The topological polar surface area (TPSA) is 26.3 Å². The third-order valence-corrected chi connectivity index (χ3v) is 4.57. The second-order valence-corrected chi connectivity index (χ2v) is 6.88. The third kappa shape index (κ3) is 10.7. The molecule has 0 unspecified atom stereocenters. The Balaban J connectivity index is 1.87. The largest absolute Gasteiger partial charge is 0.494 e. The van der Waals surface area contributed by atoms with Crippen LogP contribution in [0, 0.1) is 0 Å². The normalized spacial score (nSPS) is 10.8. The maximum atomic E-state index is 11.0. The highest BCUT2D eigenvalue weighted by Crippen LogP contribution is 2.15. The molecule has 0 aliphatic heterocycles. The Morgan fingerprint density at radius 3 is 1.71 bits per heavy atom. The molecule has 0 heterocycles. The van der Waals surface area contributed by atoms with Crippen LogP contribution in [0.15, 0.2) is 24.3 Å². The lowest BCUT2D eigenvalue weighted by Gasteiger charge is -2.06. The molecule has 3 heteroatoms. The number of carbonyl (C=O) groups excluding carboxylic acids is 1. The maximum absolute atomic E-state index is 11.0. The van der Waals surface area contributed by atoms with E-state index in [2.05, 4.69) is 6.92 Å². The van der Waals surface area contributed by atoms with E-state index in [0.29, 0.717) is 5.56 Å². The zero-order valence-corrected chi connectivity index (χ0v) is 16.0. The van der Waals surface area contributed by atoms with Gasteiger partial charge in [-0.1, -0.05) is 77.6 Å². The van der Waals surface area contributed by atoms with Crippen LogP contribution < -0.4 is 4.74 Å². The molecule has 0 fully saturated rings. The molecule has 0 saturated carbocycles. The number of hydrogen-bond acceptors (Lipinski definition) is 2. The number of unbranched alkanes of at least 4 members (excludes halogenated alkanes) is 11. The lowest BCUT2D eigenvalue weighted by atomic mass is 10.1. The third-order valence-electron chi connectivity index (χ3n) is 4.35. The zero-order chi connectivity index (χ0) is 17.5. The second kappa shape index (κ2) is 14.3. The molecule has 0 aromatic heterocycles. The van der Waals surface area contributed by atoms with Crippen LogP contribution in [0.3, 0.4) is 0 Å². The van der Waals surface area contributed by atoms with Gasteiger partial charge < -0.3 is 4.74 Å². The molecule has 0 saturated heterocycles. The monoisotopic (exact) mass is 352 g/mol. The Bertz CT molecular complexity index is 428. The lowest BCUT2D eigenvalue weighted by Crippen LogP contribution is -1.98. The Hall–Kier alpha value is -1.02. The summed E-state index contributed by atoms with van der Waals surface area (Å²) in [6, 6.07) is 7.01. The molecule has 1 aromatic rings. The van der Waals surface area contributed by atoms with Crippen molar-refractivity contribution < 1.29 is 9.53 Å². The van der Waals surface area contributed by atoms with E-state index in [1.165, 1.54) is 70.6 Å². The van der Waals surface area contributed by atoms with Gasteiger partial charge in [0.2, 0.25) is 0 Å². The van der Waals surface area contributed by atoms with Crippen LogP contribution >= 0.6 is 11.6 Å². The van der Waals surface area contributed by atoms with Crippen molar-refractivity contribution in [3.05, 3.63) is 29.8 Å². The molecule has 24 heavy (non-hydrogen) atoms. The van der Waals surface area contributed by atoms with Gasteiger partial charge in [0.1, 0.15) is 5.75 Å². The number of ether oxygens (including phenoxy) is 1. The number of benzene rings is 1. The van der Waals surface area contributed by atoms with Crippen molar-refractivity contribution in [1.29, 1.82) is 0 Å². The quantitative estimate of drug-likeness (QED) is 0.247. The molecule has 0 aliphatic carbocycles. The van der Waals surface area contributed by atoms with Crippen molar-refractivity contribution >= 4 is 16.8 Å². The summed E-state index contributed by atoms with van der Waals surface area (Å²) < 4.78 is 5.68. The minimum Gasteiger partial charge on any atom is -0.494 e. The SMILES string of the molecule is CCCCCCCCCCCCCCOc1ccc(C(=O)Cl)cc1. The van der Waals surface area contributed by atoms with Gasteiger partial charge in [0.25, 0.3) is 5.24 Å². The average Bonchev–Trinajstić information content (AvgIpc) is 2.59. The molecule has 0 aliphatic rings. The first-order valence-electron chi connectivity index (χ1n) is 9.66. The summed E-state index contributed by atoms with van der Waals surface area (Å²) in [7, 11) is 0. The van der Waals surface area contributed by atoms with Crippen molar-refractivity contribution in [3.63, 3.8) is 0 Å². The summed E-state index contributed by atoms with van der Waals surface area (Å²) in [5, 5.41) is -0.428. The van der Waals surface area contributed by atoms with Gasteiger partial charge in [-0.05, 0) is 42.3 Å². The molecule has 0 amide bonds. The summed E-state index contributed by atoms with van der Waals surface area (Å²) in [4.78, 5) is 11.0. The predicted octanol–water partition coefficient (Wildman–Crippen LogP) is 7.15. The van der Waals surface area contributed by atoms with Crippen LogP contribution in [-0.4, -0.2) is 11.8 Å². The van der Waals surface area contributed by atoms with Crippen molar-refractivity contribution in [2.75, 3.05) is 6.61 Å². The molecular formula is C21H33ClO2. The maximum Gasteiger partial charge on any atom is 0.252 e. The molecule has 0 N–H and O–H groups in total. The first kappa shape index (κ1) is 21.0. The van der Waals surface area contributed by atoms with Crippen molar-refractivity contribution in [1.82, 2.24) is 0 Å². The van der Waals surface area contributed by atoms with Gasteiger partial charge in [0.15, 0.2) is 0 Å². The minimum atomic E-state index is -0.428. The van der Waals surface area contributed by atoms with Crippen molar-refractivity contribution in [3.8, 4) is 5.75 Å². The minimum absolute atomic E-state index is 0.428. The van der Waals surface area contributed by atoms with E-state index in [0.717, 1.165) is 18.8 Å². The molecule has 0 spiro atoms. The molecule has 1 rings (SSSR count). The first-order valence-corrected chi connectivity index (χ1v) is 10.0. The second-order valence-electron chi connectivity index (χ2n) is 6.54. The van der Waals surface area contributed by atoms with Gasteiger partial charge in [-0.15, -0.1) is 0 Å². The van der Waals surface area contributed by atoms with Crippen LogP contribution in [0.1, 0.15) is 94.3 Å². The van der Waals surface area contributed by atoms with E-state index < -0.39 is 5.24 Å². The van der Waals surface area contributed by atoms with Gasteiger partial charge >= 0.3 is 0 Å². The van der Waals surface area contributed by atoms with Crippen molar-refractivity contribution in [2.45, 2.75) is 84.0 Å². The summed E-state index contributed by atoms with van der Waals surface area (Å²) in [6.45, 7) is 3.01. The molecule has 0 bridgehead atoms. The Morgan fingerprint density at radius 1 is 0.792 bits per heavy atom. The summed E-state index contributed by atoms with van der Waals surface area (Å²) in [5.41, 5.74) is 0.509. The summed E-state index contributed by atoms with van der Waals surface area (Å²) in [6.07, 6.45) is 16.2. The molecule has 136 valence electrons. The first-order chi connectivity index (χ1) is 11.7. The highest BCUT2D eigenvalue weighted by molar-refractivity contribution is 6.67. The van der Waals surface area contributed by atoms with Crippen LogP contribution in [0.5, 0.6) is 5.75 Å². The zero-order valence-electron chi connectivity index (χ0n) is 15.2. The van der Waals surface area contributed by atoms with Crippen LogP contribution in [0.4, 0.5) is 0 Å². The van der Waals surface area contributed by atoms with E-state index in [9.17, 15) is 4.79 Å². The number of hydrogen-bond donors (Lipinski definition) is 0. The Morgan fingerprint density at radius 2 is 1.25 bits per heavy atom. The number of carbonyl (C=O) groups is 1. The number of halogens is 1. The average molecular weight is 353 g/mol. The van der Waals surface area contributed by atoms with Gasteiger partial charge in [0.05, 0.1) is 6.61 Å². The van der Waals surface area contributed by atoms with Gasteiger partial charge in [-0.2, -0.15) is 0 Å². The molecular weight excluding hydrogens is 320 g/mol. The van der Waals surface area contributed by atoms with E-state index >= 15 is 0 Å². The molecule has 0 atom stereocenters. The van der Waals surface area contributed by atoms with Crippen LogP contribution in [-0.2, 0) is 0 Å². The van der Waals surface area contributed by atoms with Crippen LogP contribution in [0.2, 0.25) is 0 Å². The van der Waals surface area contributed by atoms with Crippen LogP contribution in [0.25, 0.3) is 0 Å². The Kier molecular flexibility index (Phi) is 12.6. The predicted molar refractivity (Wildman–Crippen MR) is 103 cm³/mol. The molecule has 1 aromatic carbocycles. The standard InChI is InChI=1S/C21H33ClO2/c1-2-3-4-5-6-7-8-9-10-11-12-13-18-24-20-16-14-19(15-17-20)21(22)23/h14-17H,2-13,18H2,1H3. The van der Waals surface area contributed by atoms with E-state index in [1.54, 1.807) is 24.3 Å². The molecule has 0 radical (unpaired) electrons. The van der Waals surface area contributed by atoms with E-state index in [1.807, 2.05) is 0 Å². The van der Waals surface area contributed by atoms with Gasteiger partial charge in [-0.3, -0.25) is 4.79 Å². The fourth-order valence-corrected chi connectivity index (χ4v) is 2.94. The van der Waals surface area contributed by atoms with Gasteiger partial charge in [-0.25, -0.2) is 0 Å². The highest BCUT2D eigenvalue weighted by atomic mass is 35.5. The smallest absolute Gasteiger partial charge is 0.252 e. The van der Waals surface area contributed by atoms with Gasteiger partial charge in [0, 0.05) is 5.56 Å². The molecule has 2 nitrogen and oxygen atoms in total. The van der Waals surface area contributed by atoms with Crippen molar-refractivity contribution in [2.24, 2.45) is 0 Å². The summed E-state index contributed by atoms with van der Waals surface area (Å²) >= 11 is 5.41. The Labute approximate surface area is 152 Å². The van der Waals surface area contributed by atoms with E-state index in [4.69, 9.17) is 16.3 Å². The number of rotatable bonds is 15. The van der Waals surface area contributed by atoms with E-state index in [-0.39, 0.29) is 0 Å². The highest BCUT2D eigenvalue weighted by Gasteiger charge is 2.01. The fourth-order valence-electron chi connectivity index (χ4n) is 2.82. The lowest BCUT2D eigenvalue weighted by molar-refractivity contribution is 0.108. The summed E-state index contributed by atoms with van der Waals surface area (Å²) in [5.74, 6) is 0.805.